The molecule has 0 saturated heterocycles. The molecule has 0 bridgehead atoms. The number of carbonyl (C=O) groups is 1. The van der Waals surface area contributed by atoms with Crippen molar-refractivity contribution in [3.05, 3.63) is 93.2 Å². The molecule has 8 nitrogen and oxygen atoms in total. The number of hydrogen-bond donors (Lipinski definition) is 3. The van der Waals surface area contributed by atoms with Crippen LogP contribution >= 0.6 is 12.2 Å². The van der Waals surface area contributed by atoms with Crippen molar-refractivity contribution in [2.45, 2.75) is 32.8 Å². The van der Waals surface area contributed by atoms with Crippen LogP contribution in [-0.4, -0.2) is 11.0 Å². The van der Waals surface area contributed by atoms with Crippen LogP contribution < -0.4 is 26.5 Å². The van der Waals surface area contributed by atoms with Crippen molar-refractivity contribution in [1.29, 1.82) is 0 Å². The summed E-state index contributed by atoms with van der Waals surface area (Å²) in [4.78, 5) is 24.0. The van der Waals surface area contributed by atoms with E-state index in [1.807, 2.05) is 19.1 Å². The summed E-state index contributed by atoms with van der Waals surface area (Å²) in [6.45, 7) is 2.06. The lowest BCUT2D eigenvalue weighted by atomic mass is 10.1. The number of nitrogens with one attached hydrogen (secondary N) is 3. The van der Waals surface area contributed by atoms with Gasteiger partial charge >= 0.3 is 11.5 Å². The van der Waals surface area contributed by atoms with Crippen LogP contribution in [-0.2, 0) is 19.4 Å². The van der Waals surface area contributed by atoms with Crippen molar-refractivity contribution in [3.8, 4) is 5.75 Å². The number of amides is 1. The molecule has 35 heavy (non-hydrogen) atoms. The molecule has 4 aromatic rings. The zero-order valence-electron chi connectivity index (χ0n) is 19.0. The summed E-state index contributed by atoms with van der Waals surface area (Å²) in [6.07, 6.45) is 3.39. The smallest absolute Gasteiger partial charge is 0.336 e. The first kappa shape index (κ1) is 22.7. The number of rotatable bonds is 5. The topological polar surface area (TPSA) is 106 Å². The summed E-state index contributed by atoms with van der Waals surface area (Å²) >= 11 is 5.23. The van der Waals surface area contributed by atoms with E-state index in [-0.39, 0.29) is 17.5 Å². The molecule has 2 heterocycles. The van der Waals surface area contributed by atoms with Gasteiger partial charge in [0, 0.05) is 23.2 Å². The maximum absolute atomic E-state index is 12.4. The molecule has 0 saturated carbocycles. The zero-order valence-corrected chi connectivity index (χ0v) is 19.8. The molecule has 2 aromatic heterocycles. The molecule has 1 amide bonds. The number of hydrogen-bond acceptors (Lipinski definition) is 6. The average molecular weight is 490 g/mol. The van der Waals surface area contributed by atoms with Crippen LogP contribution in [0.3, 0.4) is 0 Å². The van der Waals surface area contributed by atoms with Gasteiger partial charge in [0.1, 0.15) is 23.7 Å². The van der Waals surface area contributed by atoms with E-state index in [0.29, 0.717) is 17.0 Å². The van der Waals surface area contributed by atoms with Crippen molar-refractivity contribution in [2.75, 3.05) is 5.32 Å². The zero-order chi connectivity index (χ0) is 24.4. The summed E-state index contributed by atoms with van der Waals surface area (Å²) < 4.78 is 16.7. The van der Waals surface area contributed by atoms with Gasteiger partial charge in [0.2, 0.25) is 0 Å². The Labute approximate surface area is 206 Å². The van der Waals surface area contributed by atoms with E-state index < -0.39 is 11.5 Å². The van der Waals surface area contributed by atoms with Crippen LogP contribution in [0.5, 0.6) is 5.75 Å². The highest BCUT2D eigenvalue weighted by atomic mass is 32.1. The molecule has 0 spiro atoms. The molecule has 0 fully saturated rings. The molecule has 0 unspecified atom stereocenters. The van der Waals surface area contributed by atoms with Crippen LogP contribution in [0.25, 0.3) is 11.0 Å². The average Bonchev–Trinajstić information content (AvgIpc) is 3.50. The van der Waals surface area contributed by atoms with Gasteiger partial charge < -0.3 is 18.9 Å². The van der Waals surface area contributed by atoms with E-state index in [1.54, 1.807) is 24.3 Å². The number of benzene rings is 2. The third-order valence-electron chi connectivity index (χ3n) is 5.84. The molecular weight excluding hydrogens is 466 g/mol. The number of carbonyl (C=O) groups excluding carboxylic acids is 1. The molecule has 1 aliphatic rings. The second-order valence-corrected chi connectivity index (χ2v) is 8.74. The largest absolute Gasteiger partial charge is 0.486 e. The van der Waals surface area contributed by atoms with Crippen molar-refractivity contribution in [1.82, 2.24) is 10.9 Å². The minimum absolute atomic E-state index is 0.121. The highest BCUT2D eigenvalue weighted by Crippen LogP contribution is 2.26. The lowest BCUT2D eigenvalue weighted by molar-refractivity contribution is 0.0912. The van der Waals surface area contributed by atoms with Crippen LogP contribution in [0, 0.1) is 6.92 Å². The molecule has 5 rings (SSSR count). The number of furan rings is 1. The van der Waals surface area contributed by atoms with E-state index in [4.69, 9.17) is 25.8 Å². The molecular formula is C26H23N3O5S. The summed E-state index contributed by atoms with van der Waals surface area (Å²) in [5.74, 6) is 0.951. The summed E-state index contributed by atoms with van der Waals surface area (Å²) in [7, 11) is 0. The Morgan fingerprint density at radius 2 is 1.86 bits per heavy atom. The first-order valence-electron chi connectivity index (χ1n) is 11.2. The lowest BCUT2D eigenvalue weighted by Gasteiger charge is -2.11. The minimum Gasteiger partial charge on any atom is -0.486 e. The van der Waals surface area contributed by atoms with Crippen LogP contribution in [0.15, 0.2) is 68.2 Å². The number of fused-ring (bicyclic) bond motifs is 2. The van der Waals surface area contributed by atoms with E-state index in [0.717, 1.165) is 29.5 Å². The summed E-state index contributed by atoms with van der Waals surface area (Å²) in [5, 5.41) is 3.92. The van der Waals surface area contributed by atoms with Gasteiger partial charge in [-0.3, -0.25) is 15.6 Å². The lowest BCUT2D eigenvalue weighted by Crippen LogP contribution is -2.43. The monoisotopic (exact) mass is 489 g/mol. The number of ether oxygens (including phenoxy) is 1. The normalized spacial score (nSPS) is 12.3. The Balaban J connectivity index is 1.13. The third-order valence-corrected chi connectivity index (χ3v) is 6.04. The Hall–Kier alpha value is -4.11. The number of thiocarbonyl (C=S) groups is 1. The van der Waals surface area contributed by atoms with Gasteiger partial charge in [0.15, 0.2) is 10.9 Å². The predicted molar refractivity (Wildman–Crippen MR) is 136 cm³/mol. The second-order valence-electron chi connectivity index (χ2n) is 8.33. The van der Waals surface area contributed by atoms with Crippen LogP contribution in [0.1, 0.15) is 39.4 Å². The fraction of sp³-hybridized carbons (Fsp3) is 0.192. The number of aryl methyl sites for hydroxylation is 3. The standard InChI is InChI=1S/C26H23N3O5S/c1-15-11-24(30)34-23-13-18(6-9-21(15)23)27-26(35)29-28-25(31)22-10-8-20(33-22)14-32-19-7-5-16-3-2-4-17(16)12-19/h5-13H,2-4,14H2,1H3,(H,28,31)(H2,27,29,35). The van der Waals surface area contributed by atoms with Crippen LogP contribution in [0.2, 0.25) is 0 Å². The van der Waals surface area contributed by atoms with Crippen molar-refractivity contribution in [3.63, 3.8) is 0 Å². The molecule has 0 aliphatic heterocycles. The molecule has 1 aliphatic carbocycles. The van der Waals surface area contributed by atoms with E-state index in [2.05, 4.69) is 28.3 Å². The van der Waals surface area contributed by atoms with Crippen molar-refractivity contribution < 1.29 is 18.4 Å². The Kier molecular flexibility index (Phi) is 6.24. The molecule has 0 atom stereocenters. The highest BCUT2D eigenvalue weighted by molar-refractivity contribution is 7.80. The first-order chi connectivity index (χ1) is 16.9. The van der Waals surface area contributed by atoms with Gasteiger partial charge in [0.25, 0.3) is 0 Å². The van der Waals surface area contributed by atoms with Gasteiger partial charge in [-0.2, -0.15) is 0 Å². The molecule has 0 radical (unpaired) electrons. The van der Waals surface area contributed by atoms with Gasteiger partial charge in [-0.05, 0) is 91.5 Å². The first-order valence-corrected chi connectivity index (χ1v) is 11.6. The Bertz CT molecular complexity index is 1490. The van der Waals surface area contributed by atoms with Crippen molar-refractivity contribution in [2.24, 2.45) is 0 Å². The minimum atomic E-state index is -0.488. The van der Waals surface area contributed by atoms with E-state index >= 15 is 0 Å². The summed E-state index contributed by atoms with van der Waals surface area (Å²) in [5.41, 5.74) is 9.28. The molecule has 9 heteroatoms. The van der Waals surface area contributed by atoms with Crippen molar-refractivity contribution >= 4 is 39.9 Å². The molecule has 178 valence electrons. The number of hydrazine groups is 1. The van der Waals surface area contributed by atoms with E-state index in [9.17, 15) is 9.59 Å². The van der Waals surface area contributed by atoms with Gasteiger partial charge in [0.05, 0.1) is 0 Å². The quantitative estimate of drug-likeness (QED) is 0.215. The van der Waals surface area contributed by atoms with Crippen LogP contribution in [0.4, 0.5) is 5.69 Å². The third kappa shape index (κ3) is 5.20. The maximum atomic E-state index is 12.4. The fourth-order valence-electron chi connectivity index (χ4n) is 4.11. The Morgan fingerprint density at radius 1 is 1.00 bits per heavy atom. The van der Waals surface area contributed by atoms with Gasteiger partial charge in [-0.15, -0.1) is 0 Å². The SMILES string of the molecule is Cc1cc(=O)oc2cc(NC(=S)NNC(=O)c3ccc(COc4ccc5c(c4)CCC5)o3)ccc12. The number of anilines is 1. The van der Waals surface area contributed by atoms with Gasteiger partial charge in [-0.25, -0.2) is 4.79 Å². The highest BCUT2D eigenvalue weighted by Gasteiger charge is 2.14. The second kappa shape index (κ2) is 9.63. The maximum Gasteiger partial charge on any atom is 0.336 e. The molecule has 3 N–H and O–H groups in total. The predicted octanol–water partition coefficient (Wildman–Crippen LogP) is 4.39. The summed E-state index contributed by atoms with van der Waals surface area (Å²) in [6, 6.07) is 16.1. The van der Waals surface area contributed by atoms with E-state index in [1.165, 1.54) is 23.6 Å². The van der Waals surface area contributed by atoms with Gasteiger partial charge in [-0.1, -0.05) is 6.07 Å². The Morgan fingerprint density at radius 3 is 2.74 bits per heavy atom. The fourth-order valence-corrected chi connectivity index (χ4v) is 4.28. The molecule has 2 aromatic carbocycles.